The summed E-state index contributed by atoms with van der Waals surface area (Å²) in [5.41, 5.74) is 0.553. The van der Waals surface area contributed by atoms with E-state index in [1.807, 2.05) is 33.7 Å². The van der Waals surface area contributed by atoms with E-state index in [1.54, 1.807) is 29.2 Å². The Morgan fingerprint density at radius 2 is 1.44 bits per heavy atom. The second kappa shape index (κ2) is 8.48. The lowest BCUT2D eigenvalue weighted by Gasteiger charge is -2.35. The number of amides is 1. The van der Waals surface area contributed by atoms with Crippen LogP contribution in [0.5, 0.6) is 0 Å². The van der Waals surface area contributed by atoms with E-state index in [-0.39, 0.29) is 17.9 Å². The third-order valence-electron chi connectivity index (χ3n) is 6.20. The van der Waals surface area contributed by atoms with Gasteiger partial charge in [0.05, 0.1) is 16.6 Å². The van der Waals surface area contributed by atoms with Crippen molar-refractivity contribution in [2.75, 3.05) is 31.1 Å². The molecule has 1 saturated heterocycles. The summed E-state index contributed by atoms with van der Waals surface area (Å²) in [6, 6.07) is 16.9. The molecule has 0 unspecified atom stereocenters. The number of anilines is 1. The van der Waals surface area contributed by atoms with Crippen molar-refractivity contribution in [2.24, 2.45) is 0 Å². The minimum atomic E-state index is -4.42. The van der Waals surface area contributed by atoms with Crippen LogP contribution in [-0.2, 0) is 17.5 Å². The Morgan fingerprint density at radius 3 is 1.97 bits per heavy atom. The standard InChI is InChI=1S/C25H21F3N4O2/c26-25(27,28)17-9-10-22(29-15-17)30-11-13-31(14-12-30)23(33)16-32-20-7-3-1-5-18(20)24(34)19-6-2-4-8-21(19)32/h1-10,15H,11-14,16H2. The summed E-state index contributed by atoms with van der Waals surface area (Å²) in [4.78, 5) is 33.7. The van der Waals surface area contributed by atoms with Crippen LogP contribution in [0.1, 0.15) is 5.56 Å². The van der Waals surface area contributed by atoms with Gasteiger partial charge in [-0.3, -0.25) is 9.59 Å². The molecule has 0 spiro atoms. The van der Waals surface area contributed by atoms with Gasteiger partial charge in [-0.05, 0) is 36.4 Å². The van der Waals surface area contributed by atoms with Crippen LogP contribution in [0.25, 0.3) is 21.8 Å². The quantitative estimate of drug-likeness (QED) is 0.430. The van der Waals surface area contributed by atoms with Crippen LogP contribution in [-0.4, -0.2) is 46.5 Å². The van der Waals surface area contributed by atoms with Gasteiger partial charge in [0.15, 0.2) is 5.43 Å². The van der Waals surface area contributed by atoms with Crippen LogP contribution in [0.3, 0.4) is 0 Å². The van der Waals surface area contributed by atoms with Crippen LogP contribution in [0.4, 0.5) is 19.0 Å². The highest BCUT2D eigenvalue weighted by molar-refractivity contribution is 5.94. The summed E-state index contributed by atoms with van der Waals surface area (Å²) in [6.07, 6.45) is -3.59. The van der Waals surface area contributed by atoms with E-state index in [2.05, 4.69) is 4.98 Å². The molecule has 1 fully saturated rings. The lowest BCUT2D eigenvalue weighted by atomic mass is 10.1. The molecule has 4 aromatic rings. The minimum Gasteiger partial charge on any atom is -0.353 e. The molecule has 3 heterocycles. The lowest BCUT2D eigenvalue weighted by Crippen LogP contribution is -2.49. The second-order valence-electron chi connectivity index (χ2n) is 8.22. The molecule has 0 atom stereocenters. The molecule has 34 heavy (non-hydrogen) atoms. The number of nitrogens with zero attached hydrogens (tertiary/aromatic N) is 4. The number of carbonyl (C=O) groups excluding carboxylic acids is 1. The van der Waals surface area contributed by atoms with Crippen molar-refractivity contribution in [3.8, 4) is 0 Å². The van der Waals surface area contributed by atoms with Gasteiger partial charge in [-0.2, -0.15) is 13.2 Å². The van der Waals surface area contributed by atoms with Crippen LogP contribution in [0, 0.1) is 0 Å². The van der Waals surface area contributed by atoms with Crippen molar-refractivity contribution in [1.29, 1.82) is 0 Å². The minimum absolute atomic E-state index is 0.0624. The number of alkyl halides is 3. The molecule has 0 aliphatic carbocycles. The predicted molar refractivity (Wildman–Crippen MR) is 124 cm³/mol. The Kier molecular flexibility index (Phi) is 5.47. The monoisotopic (exact) mass is 466 g/mol. The molecular formula is C25H21F3N4O2. The van der Waals surface area contributed by atoms with Gasteiger partial charge in [0.25, 0.3) is 0 Å². The van der Waals surface area contributed by atoms with E-state index < -0.39 is 11.7 Å². The number of para-hydroxylation sites is 2. The van der Waals surface area contributed by atoms with E-state index in [9.17, 15) is 22.8 Å². The van der Waals surface area contributed by atoms with Crippen LogP contribution >= 0.6 is 0 Å². The number of rotatable bonds is 3. The first kappa shape index (κ1) is 21.9. The van der Waals surface area contributed by atoms with Gasteiger partial charge < -0.3 is 14.4 Å². The summed E-state index contributed by atoms with van der Waals surface area (Å²) in [5, 5.41) is 1.12. The lowest BCUT2D eigenvalue weighted by molar-refractivity contribution is -0.138. The number of hydrogen-bond donors (Lipinski definition) is 0. The number of piperazine rings is 1. The van der Waals surface area contributed by atoms with Gasteiger partial charge in [0, 0.05) is 43.1 Å². The average molecular weight is 466 g/mol. The first-order valence-corrected chi connectivity index (χ1v) is 10.9. The largest absolute Gasteiger partial charge is 0.417 e. The van der Waals surface area contributed by atoms with Crippen LogP contribution < -0.4 is 10.3 Å². The molecule has 1 aliphatic rings. The third kappa shape index (κ3) is 3.98. The molecule has 174 valence electrons. The molecule has 9 heteroatoms. The van der Waals surface area contributed by atoms with Gasteiger partial charge >= 0.3 is 6.18 Å². The van der Waals surface area contributed by atoms with Crippen molar-refractivity contribution in [3.05, 3.63) is 82.6 Å². The molecule has 2 aromatic carbocycles. The van der Waals surface area contributed by atoms with Gasteiger partial charge in [0.1, 0.15) is 12.4 Å². The third-order valence-corrected chi connectivity index (χ3v) is 6.20. The summed E-state index contributed by atoms with van der Waals surface area (Å²) < 4.78 is 40.2. The molecule has 2 aromatic heterocycles. The van der Waals surface area contributed by atoms with Crippen molar-refractivity contribution < 1.29 is 18.0 Å². The maximum Gasteiger partial charge on any atom is 0.417 e. The topological polar surface area (TPSA) is 58.4 Å². The van der Waals surface area contributed by atoms with Crippen molar-refractivity contribution >= 4 is 33.5 Å². The van der Waals surface area contributed by atoms with Crippen LogP contribution in [0.2, 0.25) is 0 Å². The normalized spacial score (nSPS) is 14.7. The van der Waals surface area contributed by atoms with Gasteiger partial charge in [-0.25, -0.2) is 4.98 Å². The highest BCUT2D eigenvalue weighted by Crippen LogP contribution is 2.29. The Labute approximate surface area is 192 Å². The Morgan fingerprint density at radius 1 is 0.853 bits per heavy atom. The van der Waals surface area contributed by atoms with Gasteiger partial charge in [-0.15, -0.1) is 0 Å². The molecule has 0 N–H and O–H groups in total. The maximum atomic E-state index is 13.2. The number of halogens is 3. The SMILES string of the molecule is O=C(Cn1c2ccccc2c(=O)c2ccccc21)N1CCN(c2ccc(C(F)(F)F)cn2)CC1. The van der Waals surface area contributed by atoms with Gasteiger partial charge in [0.2, 0.25) is 5.91 Å². The molecule has 0 saturated carbocycles. The van der Waals surface area contributed by atoms with E-state index in [0.717, 1.165) is 12.3 Å². The molecule has 5 rings (SSSR count). The smallest absolute Gasteiger partial charge is 0.353 e. The van der Waals surface area contributed by atoms with E-state index in [0.29, 0.717) is 53.8 Å². The number of hydrogen-bond acceptors (Lipinski definition) is 4. The average Bonchev–Trinajstić information content (AvgIpc) is 2.86. The number of pyridine rings is 2. The summed E-state index contributed by atoms with van der Waals surface area (Å²) in [6.45, 7) is 1.88. The fraction of sp³-hybridized carbons (Fsp3) is 0.240. The fourth-order valence-electron chi connectivity index (χ4n) is 4.41. The highest BCUT2D eigenvalue weighted by Gasteiger charge is 2.31. The number of benzene rings is 2. The van der Waals surface area contributed by atoms with E-state index >= 15 is 0 Å². The molecule has 1 amide bonds. The Hall–Kier alpha value is -3.88. The molecule has 6 nitrogen and oxygen atoms in total. The summed E-state index contributed by atoms with van der Waals surface area (Å²) >= 11 is 0. The zero-order chi connectivity index (χ0) is 23.9. The number of aromatic nitrogens is 2. The molecule has 0 bridgehead atoms. The molecule has 1 aliphatic heterocycles. The highest BCUT2D eigenvalue weighted by atomic mass is 19.4. The van der Waals surface area contributed by atoms with Crippen molar-refractivity contribution in [1.82, 2.24) is 14.5 Å². The second-order valence-corrected chi connectivity index (χ2v) is 8.22. The van der Waals surface area contributed by atoms with E-state index in [4.69, 9.17) is 0 Å². The number of fused-ring (bicyclic) bond motifs is 2. The Bertz CT molecular complexity index is 1360. The molecule has 0 radical (unpaired) electrons. The first-order chi connectivity index (χ1) is 16.3. The predicted octanol–water partition coefficient (Wildman–Crippen LogP) is 3.92. The fourth-order valence-corrected chi connectivity index (χ4v) is 4.41. The Balaban J connectivity index is 1.34. The molecular weight excluding hydrogens is 445 g/mol. The summed E-state index contributed by atoms with van der Waals surface area (Å²) in [5.74, 6) is 0.372. The zero-order valence-electron chi connectivity index (χ0n) is 18.1. The van der Waals surface area contributed by atoms with E-state index in [1.165, 1.54) is 6.07 Å². The number of carbonyl (C=O) groups is 1. The van der Waals surface area contributed by atoms with Crippen LogP contribution in [0.15, 0.2) is 71.7 Å². The van der Waals surface area contributed by atoms with Gasteiger partial charge in [-0.1, -0.05) is 24.3 Å². The maximum absolute atomic E-state index is 13.2. The zero-order valence-corrected chi connectivity index (χ0v) is 18.1. The van der Waals surface area contributed by atoms with Crippen molar-refractivity contribution in [3.63, 3.8) is 0 Å². The van der Waals surface area contributed by atoms with Crippen molar-refractivity contribution in [2.45, 2.75) is 12.7 Å². The summed E-state index contributed by atoms with van der Waals surface area (Å²) in [7, 11) is 0. The first-order valence-electron chi connectivity index (χ1n) is 10.9.